The number of hydrogen-bond acceptors (Lipinski definition) is 7. The third-order valence-electron chi connectivity index (χ3n) is 6.46. The number of nitrogens with one attached hydrogen (secondary N) is 1. The molecule has 0 radical (unpaired) electrons. The third-order valence-corrected chi connectivity index (χ3v) is 8.35. The SMILES string of the molecule is CCn1c(CN2C[C@H](C(=O)NC)Oc3ccccc32)nc2cc(S(=O)(=O)N3CCOCC3)ccc21. The summed E-state index contributed by atoms with van der Waals surface area (Å²) >= 11 is 0. The van der Waals surface area contributed by atoms with Crippen LogP contribution in [0.4, 0.5) is 5.69 Å². The van der Waals surface area contributed by atoms with Gasteiger partial charge in [0.2, 0.25) is 10.0 Å². The van der Waals surface area contributed by atoms with Gasteiger partial charge in [-0.1, -0.05) is 12.1 Å². The molecule has 1 amide bonds. The van der Waals surface area contributed by atoms with Crippen molar-refractivity contribution in [2.24, 2.45) is 0 Å². The molecule has 1 saturated heterocycles. The summed E-state index contributed by atoms with van der Waals surface area (Å²) in [6.07, 6.45) is -0.639. The third kappa shape index (κ3) is 4.35. The number of anilines is 1. The molecular formula is C24H29N5O5S. The quantitative estimate of drug-likeness (QED) is 0.549. The van der Waals surface area contributed by atoms with Crippen LogP contribution in [0.3, 0.4) is 0 Å². The Bertz CT molecular complexity index is 1350. The van der Waals surface area contributed by atoms with E-state index in [0.29, 0.717) is 57.2 Å². The number of likely N-dealkylation sites (N-methyl/N-ethyl adjacent to an activating group) is 1. The number of carbonyl (C=O) groups is 1. The molecule has 3 heterocycles. The first-order chi connectivity index (χ1) is 16.9. The van der Waals surface area contributed by atoms with E-state index in [-0.39, 0.29) is 10.8 Å². The fraction of sp³-hybridized carbons (Fsp3) is 0.417. The molecule has 5 rings (SSSR count). The van der Waals surface area contributed by atoms with Crippen molar-refractivity contribution in [1.29, 1.82) is 0 Å². The lowest BCUT2D eigenvalue weighted by molar-refractivity contribution is -0.127. The van der Waals surface area contributed by atoms with Crippen LogP contribution >= 0.6 is 0 Å². The number of fused-ring (bicyclic) bond motifs is 2. The summed E-state index contributed by atoms with van der Waals surface area (Å²) in [5, 5.41) is 2.66. The number of imidazole rings is 1. The number of para-hydroxylation sites is 2. The molecule has 0 unspecified atom stereocenters. The maximum atomic E-state index is 13.2. The number of nitrogens with zero attached hydrogens (tertiary/aromatic N) is 4. The monoisotopic (exact) mass is 499 g/mol. The number of ether oxygens (including phenoxy) is 2. The minimum Gasteiger partial charge on any atom is -0.477 e. The molecule has 0 spiro atoms. The van der Waals surface area contributed by atoms with E-state index in [4.69, 9.17) is 14.5 Å². The summed E-state index contributed by atoms with van der Waals surface area (Å²) in [6.45, 7) is 5.01. The Morgan fingerprint density at radius 3 is 2.69 bits per heavy atom. The Morgan fingerprint density at radius 1 is 1.17 bits per heavy atom. The van der Waals surface area contributed by atoms with Crippen molar-refractivity contribution in [2.45, 2.75) is 31.0 Å². The Balaban J connectivity index is 1.49. The largest absolute Gasteiger partial charge is 0.477 e. The summed E-state index contributed by atoms with van der Waals surface area (Å²) in [5.74, 6) is 1.24. The zero-order valence-corrected chi connectivity index (χ0v) is 20.6. The number of amides is 1. The molecule has 1 aromatic heterocycles. The molecule has 186 valence electrons. The number of rotatable bonds is 6. The zero-order valence-electron chi connectivity index (χ0n) is 19.8. The lowest BCUT2D eigenvalue weighted by atomic mass is 10.1. The molecule has 1 atom stereocenters. The van der Waals surface area contributed by atoms with E-state index >= 15 is 0 Å². The number of hydrogen-bond donors (Lipinski definition) is 1. The molecule has 3 aromatic rings. The molecule has 10 nitrogen and oxygen atoms in total. The van der Waals surface area contributed by atoms with Crippen LogP contribution in [0.2, 0.25) is 0 Å². The van der Waals surface area contributed by atoms with Gasteiger partial charge in [-0.05, 0) is 37.3 Å². The maximum Gasteiger partial charge on any atom is 0.262 e. The second kappa shape index (κ2) is 9.48. The average molecular weight is 500 g/mol. The van der Waals surface area contributed by atoms with Crippen molar-refractivity contribution in [3.05, 3.63) is 48.3 Å². The van der Waals surface area contributed by atoms with Gasteiger partial charge in [0.25, 0.3) is 5.91 Å². The van der Waals surface area contributed by atoms with Crippen LogP contribution in [0.15, 0.2) is 47.4 Å². The van der Waals surface area contributed by atoms with Gasteiger partial charge >= 0.3 is 0 Å². The van der Waals surface area contributed by atoms with E-state index in [9.17, 15) is 13.2 Å². The summed E-state index contributed by atoms with van der Waals surface area (Å²) in [6, 6.07) is 12.7. The summed E-state index contributed by atoms with van der Waals surface area (Å²) in [5.41, 5.74) is 2.38. The molecule has 1 fully saturated rings. The molecule has 0 saturated carbocycles. The van der Waals surface area contributed by atoms with Crippen molar-refractivity contribution in [3.8, 4) is 5.75 Å². The molecule has 1 N–H and O–H groups in total. The van der Waals surface area contributed by atoms with Crippen molar-refractivity contribution < 1.29 is 22.7 Å². The topological polar surface area (TPSA) is 106 Å². The lowest BCUT2D eigenvalue weighted by Crippen LogP contribution is -2.48. The highest BCUT2D eigenvalue weighted by Gasteiger charge is 2.31. The highest BCUT2D eigenvalue weighted by Crippen LogP contribution is 2.34. The molecular weight excluding hydrogens is 470 g/mol. The van der Waals surface area contributed by atoms with Crippen LogP contribution in [0.25, 0.3) is 11.0 Å². The molecule has 0 bridgehead atoms. The van der Waals surface area contributed by atoms with Gasteiger partial charge in [-0.2, -0.15) is 4.31 Å². The van der Waals surface area contributed by atoms with E-state index < -0.39 is 16.1 Å². The summed E-state index contributed by atoms with van der Waals surface area (Å²) in [4.78, 5) is 19.5. The van der Waals surface area contributed by atoms with E-state index in [1.54, 1.807) is 19.2 Å². The molecule has 2 aromatic carbocycles. The fourth-order valence-electron chi connectivity index (χ4n) is 4.65. The predicted molar refractivity (Wildman–Crippen MR) is 131 cm³/mol. The minimum absolute atomic E-state index is 0.188. The number of morpholine rings is 1. The van der Waals surface area contributed by atoms with Gasteiger partial charge in [-0.3, -0.25) is 4.79 Å². The number of benzene rings is 2. The van der Waals surface area contributed by atoms with E-state index in [1.165, 1.54) is 4.31 Å². The maximum absolute atomic E-state index is 13.2. The van der Waals surface area contributed by atoms with Gasteiger partial charge < -0.3 is 24.3 Å². The van der Waals surface area contributed by atoms with Gasteiger partial charge in [0.1, 0.15) is 11.6 Å². The molecule has 2 aliphatic heterocycles. The lowest BCUT2D eigenvalue weighted by Gasteiger charge is -2.35. The van der Waals surface area contributed by atoms with Crippen LogP contribution in [0, 0.1) is 0 Å². The van der Waals surface area contributed by atoms with Gasteiger partial charge in [0.05, 0.1) is 47.9 Å². The Labute approximate surface area is 204 Å². The standard InChI is InChI=1S/C24H29N5O5S/c1-3-29-19-9-8-17(35(31,32)28-10-12-33-13-11-28)14-18(19)26-23(29)16-27-15-22(24(30)25-2)34-21-7-5-4-6-20(21)27/h4-9,14,22H,3,10-13,15-16H2,1-2H3,(H,25,30)/t22-/m1/s1. The molecule has 11 heteroatoms. The van der Waals surface area contributed by atoms with Crippen molar-refractivity contribution >= 4 is 32.7 Å². The molecule has 35 heavy (non-hydrogen) atoms. The number of carbonyl (C=O) groups excluding carboxylic acids is 1. The average Bonchev–Trinajstić information content (AvgIpc) is 3.24. The first-order valence-electron chi connectivity index (χ1n) is 11.7. The molecule has 2 aliphatic rings. The van der Waals surface area contributed by atoms with Crippen molar-refractivity contribution in [2.75, 3.05) is 44.8 Å². The second-order valence-corrected chi connectivity index (χ2v) is 10.4. The fourth-order valence-corrected chi connectivity index (χ4v) is 6.08. The van der Waals surface area contributed by atoms with E-state index in [0.717, 1.165) is 17.0 Å². The van der Waals surface area contributed by atoms with E-state index in [2.05, 4.69) is 14.8 Å². The van der Waals surface area contributed by atoms with Gasteiger partial charge in [-0.15, -0.1) is 0 Å². The van der Waals surface area contributed by atoms with Crippen LogP contribution in [0.1, 0.15) is 12.7 Å². The first-order valence-corrected chi connectivity index (χ1v) is 13.2. The Morgan fingerprint density at radius 2 is 1.94 bits per heavy atom. The highest BCUT2D eigenvalue weighted by atomic mass is 32.2. The van der Waals surface area contributed by atoms with Gasteiger partial charge in [0, 0.05) is 26.7 Å². The Kier molecular flexibility index (Phi) is 6.39. The highest BCUT2D eigenvalue weighted by molar-refractivity contribution is 7.89. The van der Waals surface area contributed by atoms with Crippen molar-refractivity contribution in [3.63, 3.8) is 0 Å². The van der Waals surface area contributed by atoms with E-state index in [1.807, 2.05) is 37.3 Å². The predicted octanol–water partition coefficient (Wildman–Crippen LogP) is 1.59. The first kappa shape index (κ1) is 23.6. The zero-order chi connectivity index (χ0) is 24.6. The summed E-state index contributed by atoms with van der Waals surface area (Å²) in [7, 11) is -2.03. The van der Waals surface area contributed by atoms with Crippen LogP contribution in [-0.2, 0) is 32.6 Å². The Hall–Kier alpha value is -3.15. The second-order valence-electron chi connectivity index (χ2n) is 8.51. The van der Waals surface area contributed by atoms with Crippen molar-refractivity contribution in [1.82, 2.24) is 19.2 Å². The number of aryl methyl sites for hydroxylation is 1. The van der Waals surface area contributed by atoms with Gasteiger partial charge in [0.15, 0.2) is 6.10 Å². The number of sulfonamides is 1. The minimum atomic E-state index is -3.62. The molecule has 0 aliphatic carbocycles. The van der Waals surface area contributed by atoms with Crippen LogP contribution < -0.4 is 15.0 Å². The smallest absolute Gasteiger partial charge is 0.262 e. The normalized spacial score (nSPS) is 18.8. The summed E-state index contributed by atoms with van der Waals surface area (Å²) < 4.78 is 41.1. The van der Waals surface area contributed by atoms with Gasteiger partial charge in [-0.25, -0.2) is 13.4 Å². The number of aromatic nitrogens is 2. The van der Waals surface area contributed by atoms with Crippen LogP contribution in [0.5, 0.6) is 5.75 Å². The van der Waals surface area contributed by atoms with Crippen LogP contribution in [-0.4, -0.2) is 74.2 Å².